The summed E-state index contributed by atoms with van der Waals surface area (Å²) >= 11 is 0. The lowest BCUT2D eigenvalue weighted by atomic mass is 9.72. The number of hydrogen-bond donors (Lipinski definition) is 1. The van der Waals surface area contributed by atoms with Crippen LogP contribution in [0.2, 0.25) is 0 Å². The molecule has 104 valence electrons. The van der Waals surface area contributed by atoms with Gasteiger partial charge in [-0.1, -0.05) is 13.8 Å². The third-order valence-corrected chi connectivity index (χ3v) is 3.58. The van der Waals surface area contributed by atoms with Crippen molar-refractivity contribution < 1.29 is 24.2 Å². The zero-order valence-corrected chi connectivity index (χ0v) is 11.3. The van der Waals surface area contributed by atoms with Crippen LogP contribution >= 0.6 is 0 Å². The third-order valence-electron chi connectivity index (χ3n) is 3.58. The summed E-state index contributed by atoms with van der Waals surface area (Å²) in [6, 6.07) is 0. The molecule has 1 N–H and O–H groups in total. The molecule has 0 spiro atoms. The number of esters is 1. The van der Waals surface area contributed by atoms with Crippen molar-refractivity contribution in [2.75, 3.05) is 13.2 Å². The van der Waals surface area contributed by atoms with Crippen LogP contribution in [0.5, 0.6) is 0 Å². The van der Waals surface area contributed by atoms with E-state index in [4.69, 9.17) is 9.47 Å². The van der Waals surface area contributed by atoms with E-state index < -0.39 is 17.4 Å². The molecular formula is C13H22O5. The molecule has 1 aliphatic rings. The molecule has 5 nitrogen and oxygen atoms in total. The van der Waals surface area contributed by atoms with Gasteiger partial charge >= 0.3 is 11.9 Å². The van der Waals surface area contributed by atoms with Gasteiger partial charge in [0.15, 0.2) is 5.41 Å². The lowest BCUT2D eigenvalue weighted by Crippen LogP contribution is -2.47. The van der Waals surface area contributed by atoms with Crippen LogP contribution < -0.4 is 0 Å². The van der Waals surface area contributed by atoms with Gasteiger partial charge in [0, 0.05) is 13.0 Å². The average molecular weight is 258 g/mol. The summed E-state index contributed by atoms with van der Waals surface area (Å²) in [5.74, 6) is -2.10. The Balaban J connectivity index is 2.96. The van der Waals surface area contributed by atoms with Crippen LogP contribution in [0.25, 0.3) is 0 Å². The van der Waals surface area contributed by atoms with Crippen molar-refractivity contribution in [2.24, 2.45) is 11.3 Å². The number of carboxylic acids is 1. The van der Waals surface area contributed by atoms with Crippen LogP contribution in [0.3, 0.4) is 0 Å². The monoisotopic (exact) mass is 258 g/mol. The molecule has 0 saturated carbocycles. The summed E-state index contributed by atoms with van der Waals surface area (Å²) < 4.78 is 10.4. The van der Waals surface area contributed by atoms with E-state index in [0.29, 0.717) is 6.61 Å². The lowest BCUT2D eigenvalue weighted by molar-refractivity contribution is -0.175. The van der Waals surface area contributed by atoms with E-state index in [1.54, 1.807) is 20.8 Å². The third kappa shape index (κ3) is 2.83. The minimum absolute atomic E-state index is 0.159. The fourth-order valence-electron chi connectivity index (χ4n) is 2.40. The van der Waals surface area contributed by atoms with Gasteiger partial charge in [0.2, 0.25) is 0 Å². The molecule has 0 aliphatic carbocycles. The normalized spacial score (nSPS) is 22.8. The molecular weight excluding hydrogens is 236 g/mol. The van der Waals surface area contributed by atoms with Gasteiger partial charge in [-0.25, -0.2) is 0 Å². The largest absolute Gasteiger partial charge is 0.480 e. The highest BCUT2D eigenvalue weighted by atomic mass is 16.5. The predicted octanol–water partition coefficient (Wildman–Crippen LogP) is 1.85. The summed E-state index contributed by atoms with van der Waals surface area (Å²) in [7, 11) is 0. The average Bonchev–Trinajstić information content (AvgIpc) is 2.77. The molecule has 18 heavy (non-hydrogen) atoms. The van der Waals surface area contributed by atoms with Crippen molar-refractivity contribution in [3.8, 4) is 0 Å². The highest BCUT2D eigenvalue weighted by Crippen LogP contribution is 2.38. The van der Waals surface area contributed by atoms with E-state index in [2.05, 4.69) is 0 Å². The van der Waals surface area contributed by atoms with Crippen molar-refractivity contribution in [2.45, 2.75) is 46.1 Å². The molecule has 0 amide bonds. The van der Waals surface area contributed by atoms with Crippen molar-refractivity contribution in [1.82, 2.24) is 0 Å². The van der Waals surface area contributed by atoms with Crippen LogP contribution in [0.15, 0.2) is 0 Å². The molecule has 1 heterocycles. The Hall–Kier alpha value is -1.10. The van der Waals surface area contributed by atoms with Crippen LogP contribution in [0.1, 0.15) is 40.0 Å². The summed E-state index contributed by atoms with van der Waals surface area (Å²) in [4.78, 5) is 23.7. The Morgan fingerprint density at radius 2 is 2.17 bits per heavy atom. The summed E-state index contributed by atoms with van der Waals surface area (Å²) in [5.41, 5.74) is -1.50. The minimum atomic E-state index is -1.50. The molecule has 0 aromatic carbocycles. The second-order valence-electron chi connectivity index (χ2n) is 4.99. The fraction of sp³-hybridized carbons (Fsp3) is 0.846. The van der Waals surface area contributed by atoms with E-state index in [-0.39, 0.29) is 25.0 Å². The van der Waals surface area contributed by atoms with Crippen molar-refractivity contribution >= 4 is 11.9 Å². The van der Waals surface area contributed by atoms with Gasteiger partial charge < -0.3 is 14.6 Å². The summed E-state index contributed by atoms with van der Waals surface area (Å²) in [6.07, 6.45) is 1.76. The molecule has 0 aromatic rings. The van der Waals surface area contributed by atoms with E-state index in [0.717, 1.165) is 12.8 Å². The quantitative estimate of drug-likeness (QED) is 0.581. The first-order valence-corrected chi connectivity index (χ1v) is 6.47. The van der Waals surface area contributed by atoms with Gasteiger partial charge in [0.25, 0.3) is 0 Å². The standard InChI is InChI=1S/C13H22O5/c1-4-17-12(16)13(9(2)3,11(14)15)8-10-6-5-7-18-10/h9-10H,4-8H2,1-3H3,(H,14,15). The fourth-order valence-corrected chi connectivity index (χ4v) is 2.40. The zero-order chi connectivity index (χ0) is 13.8. The molecule has 2 atom stereocenters. The number of aliphatic carboxylic acids is 1. The van der Waals surface area contributed by atoms with Crippen molar-refractivity contribution in [3.63, 3.8) is 0 Å². The number of hydrogen-bond acceptors (Lipinski definition) is 4. The van der Waals surface area contributed by atoms with Gasteiger partial charge in [-0.3, -0.25) is 9.59 Å². The number of carboxylic acid groups (broad SMARTS) is 1. The first-order valence-electron chi connectivity index (χ1n) is 6.47. The molecule has 5 heteroatoms. The minimum Gasteiger partial charge on any atom is -0.480 e. The zero-order valence-electron chi connectivity index (χ0n) is 11.3. The first kappa shape index (κ1) is 15.0. The summed E-state index contributed by atoms with van der Waals surface area (Å²) in [6.45, 7) is 5.98. The van der Waals surface area contributed by atoms with Gasteiger partial charge in [0.05, 0.1) is 12.7 Å². The van der Waals surface area contributed by atoms with E-state index in [1.165, 1.54) is 0 Å². The molecule has 0 radical (unpaired) electrons. The van der Waals surface area contributed by atoms with Crippen LogP contribution in [0, 0.1) is 11.3 Å². The second-order valence-corrected chi connectivity index (χ2v) is 4.99. The maximum atomic E-state index is 12.1. The lowest BCUT2D eigenvalue weighted by Gasteiger charge is -2.32. The van der Waals surface area contributed by atoms with Gasteiger partial charge in [-0.05, 0) is 25.7 Å². The van der Waals surface area contributed by atoms with E-state index in [9.17, 15) is 14.7 Å². The Morgan fingerprint density at radius 1 is 1.50 bits per heavy atom. The van der Waals surface area contributed by atoms with E-state index in [1.807, 2.05) is 0 Å². The molecule has 2 unspecified atom stereocenters. The Kier molecular flexibility index (Phi) is 5.14. The Bertz CT molecular complexity index is 307. The van der Waals surface area contributed by atoms with Crippen molar-refractivity contribution in [1.29, 1.82) is 0 Å². The van der Waals surface area contributed by atoms with Crippen LogP contribution in [-0.2, 0) is 19.1 Å². The molecule has 1 fully saturated rings. The van der Waals surface area contributed by atoms with Crippen LogP contribution in [-0.4, -0.2) is 36.4 Å². The molecule has 0 bridgehead atoms. The van der Waals surface area contributed by atoms with Gasteiger partial charge in [-0.15, -0.1) is 0 Å². The molecule has 1 saturated heterocycles. The number of carbonyl (C=O) groups is 2. The number of carbonyl (C=O) groups excluding carboxylic acids is 1. The molecule has 1 rings (SSSR count). The smallest absolute Gasteiger partial charge is 0.323 e. The second kappa shape index (κ2) is 6.18. The maximum Gasteiger partial charge on any atom is 0.323 e. The SMILES string of the molecule is CCOC(=O)C(CC1CCCO1)(C(=O)O)C(C)C. The van der Waals surface area contributed by atoms with Gasteiger partial charge in [-0.2, -0.15) is 0 Å². The Labute approximate surface area is 107 Å². The van der Waals surface area contributed by atoms with Crippen LogP contribution in [0.4, 0.5) is 0 Å². The molecule has 0 aromatic heterocycles. The summed E-state index contributed by atoms with van der Waals surface area (Å²) in [5, 5.41) is 9.50. The Morgan fingerprint density at radius 3 is 2.56 bits per heavy atom. The maximum absolute atomic E-state index is 12.1. The van der Waals surface area contributed by atoms with E-state index >= 15 is 0 Å². The highest BCUT2D eigenvalue weighted by molar-refractivity contribution is 5.99. The van der Waals surface area contributed by atoms with Crippen molar-refractivity contribution in [3.05, 3.63) is 0 Å². The topological polar surface area (TPSA) is 72.8 Å². The first-order chi connectivity index (χ1) is 8.45. The number of rotatable bonds is 6. The highest BCUT2D eigenvalue weighted by Gasteiger charge is 2.52. The molecule has 1 aliphatic heterocycles. The number of ether oxygens (including phenoxy) is 2. The van der Waals surface area contributed by atoms with Gasteiger partial charge in [0.1, 0.15) is 0 Å². The predicted molar refractivity (Wildman–Crippen MR) is 65.1 cm³/mol.